The number of nitrogen functional groups attached to an aromatic ring is 1. The maximum atomic E-state index is 11.2. The van der Waals surface area contributed by atoms with Crippen LogP contribution in [0.5, 0.6) is 5.75 Å². The van der Waals surface area contributed by atoms with Crippen LogP contribution in [0.25, 0.3) is 16.7 Å². The zero-order valence-corrected chi connectivity index (χ0v) is 14.0. The fourth-order valence-electron chi connectivity index (χ4n) is 2.47. The van der Waals surface area contributed by atoms with Crippen molar-refractivity contribution in [2.75, 3.05) is 24.3 Å². The van der Waals surface area contributed by atoms with Crippen molar-refractivity contribution in [3.63, 3.8) is 0 Å². The molecule has 0 radical (unpaired) electrons. The molecule has 3 aromatic rings. The van der Waals surface area contributed by atoms with Crippen molar-refractivity contribution in [2.45, 2.75) is 6.42 Å². The van der Waals surface area contributed by atoms with Gasteiger partial charge in [0.05, 0.1) is 17.9 Å². The third kappa shape index (κ3) is 3.65. The number of nitrogens with zero attached hydrogens (tertiary/aromatic N) is 3. The number of benzene rings is 1. The third-order valence-corrected chi connectivity index (χ3v) is 4.55. The highest BCUT2D eigenvalue weighted by Gasteiger charge is 2.09. The van der Waals surface area contributed by atoms with Crippen molar-refractivity contribution in [3.8, 4) is 11.6 Å². The average Bonchev–Trinajstić information content (AvgIpc) is 2.95. The van der Waals surface area contributed by atoms with Crippen LogP contribution in [0, 0.1) is 0 Å². The quantitative estimate of drug-likeness (QED) is 0.683. The van der Waals surface area contributed by atoms with Crippen LogP contribution >= 0.6 is 0 Å². The maximum absolute atomic E-state index is 11.2. The van der Waals surface area contributed by atoms with E-state index in [-0.39, 0.29) is 11.7 Å². The Morgan fingerprint density at radius 2 is 2.08 bits per heavy atom. The topological polar surface area (TPSA) is 100 Å². The summed E-state index contributed by atoms with van der Waals surface area (Å²) in [5.74, 6) is 1.71. The maximum Gasteiger partial charge on any atom is 0.221 e. The van der Waals surface area contributed by atoms with Gasteiger partial charge in [0.25, 0.3) is 0 Å². The second kappa shape index (κ2) is 6.48. The van der Waals surface area contributed by atoms with Gasteiger partial charge in [0.1, 0.15) is 21.4 Å². The standard InChI is InChI=1S/C16H18N4O3S/c1-24(21,22)11-3-10-23-14-5-2-4-13-12(14)7-9-20(13)15-6-8-18-16(17)19-15/h2,4-9H,3,10-11H2,1H3,(H2,17,18,19). The Morgan fingerprint density at radius 1 is 1.25 bits per heavy atom. The highest BCUT2D eigenvalue weighted by molar-refractivity contribution is 7.90. The molecule has 0 spiro atoms. The molecular weight excluding hydrogens is 328 g/mol. The van der Waals surface area contributed by atoms with Crippen molar-refractivity contribution in [1.82, 2.24) is 14.5 Å². The van der Waals surface area contributed by atoms with Gasteiger partial charge in [0, 0.05) is 24.0 Å². The number of aromatic nitrogens is 3. The van der Waals surface area contributed by atoms with E-state index in [0.717, 1.165) is 10.9 Å². The first-order valence-electron chi connectivity index (χ1n) is 7.43. The highest BCUT2D eigenvalue weighted by atomic mass is 32.2. The van der Waals surface area contributed by atoms with Crippen LogP contribution < -0.4 is 10.5 Å². The first-order chi connectivity index (χ1) is 11.4. The number of hydrogen-bond donors (Lipinski definition) is 1. The van der Waals surface area contributed by atoms with Crippen LogP contribution in [0.1, 0.15) is 6.42 Å². The average molecular weight is 346 g/mol. The minimum Gasteiger partial charge on any atom is -0.493 e. The zero-order chi connectivity index (χ0) is 17.2. The summed E-state index contributed by atoms with van der Waals surface area (Å²) < 4.78 is 30.0. The predicted molar refractivity (Wildman–Crippen MR) is 93.1 cm³/mol. The fourth-order valence-corrected chi connectivity index (χ4v) is 3.11. The number of anilines is 1. The molecule has 0 unspecified atom stereocenters. The molecule has 0 aliphatic carbocycles. The van der Waals surface area contributed by atoms with Crippen molar-refractivity contribution in [2.24, 2.45) is 0 Å². The zero-order valence-electron chi connectivity index (χ0n) is 13.2. The lowest BCUT2D eigenvalue weighted by atomic mass is 10.2. The lowest BCUT2D eigenvalue weighted by Gasteiger charge is -2.09. The van der Waals surface area contributed by atoms with E-state index in [1.165, 1.54) is 6.26 Å². The molecule has 0 saturated carbocycles. The summed E-state index contributed by atoms with van der Waals surface area (Å²) in [4.78, 5) is 8.12. The Labute approximate surface area is 140 Å². The normalized spacial score (nSPS) is 11.7. The van der Waals surface area contributed by atoms with Gasteiger partial charge in [0.15, 0.2) is 0 Å². The molecule has 0 saturated heterocycles. The van der Waals surface area contributed by atoms with E-state index in [1.54, 1.807) is 12.3 Å². The molecule has 2 heterocycles. The lowest BCUT2D eigenvalue weighted by Crippen LogP contribution is -2.08. The molecule has 7 nitrogen and oxygen atoms in total. The van der Waals surface area contributed by atoms with Crippen LogP contribution in [0.4, 0.5) is 5.95 Å². The van der Waals surface area contributed by atoms with Crippen LogP contribution in [-0.4, -0.2) is 41.6 Å². The minimum atomic E-state index is -2.97. The molecule has 2 N–H and O–H groups in total. The van der Waals surface area contributed by atoms with E-state index in [1.807, 2.05) is 35.0 Å². The number of fused-ring (bicyclic) bond motifs is 1. The summed E-state index contributed by atoms with van der Waals surface area (Å²) in [5, 5.41) is 0.925. The smallest absolute Gasteiger partial charge is 0.221 e. The van der Waals surface area contributed by atoms with Gasteiger partial charge >= 0.3 is 0 Å². The van der Waals surface area contributed by atoms with Crippen LogP contribution in [0.3, 0.4) is 0 Å². The summed E-state index contributed by atoms with van der Waals surface area (Å²) in [6.07, 6.45) is 5.17. The van der Waals surface area contributed by atoms with Gasteiger partial charge in [-0.3, -0.25) is 0 Å². The first kappa shape index (κ1) is 16.3. The van der Waals surface area contributed by atoms with Crippen molar-refractivity contribution in [1.29, 1.82) is 0 Å². The Hall–Kier alpha value is -2.61. The molecular formula is C16H18N4O3S. The second-order valence-electron chi connectivity index (χ2n) is 5.48. The van der Waals surface area contributed by atoms with Crippen molar-refractivity contribution < 1.29 is 13.2 Å². The molecule has 3 rings (SSSR count). The molecule has 126 valence electrons. The number of ether oxygens (including phenoxy) is 1. The minimum absolute atomic E-state index is 0.115. The highest BCUT2D eigenvalue weighted by Crippen LogP contribution is 2.28. The summed E-state index contributed by atoms with van der Waals surface area (Å²) >= 11 is 0. The molecule has 0 amide bonds. The number of nitrogens with two attached hydrogens (primary N) is 1. The molecule has 0 bridgehead atoms. The van der Waals surface area contributed by atoms with Gasteiger partial charge in [-0.2, -0.15) is 4.98 Å². The van der Waals surface area contributed by atoms with E-state index in [2.05, 4.69) is 9.97 Å². The molecule has 0 aliphatic rings. The first-order valence-corrected chi connectivity index (χ1v) is 9.49. The summed E-state index contributed by atoms with van der Waals surface area (Å²) in [7, 11) is -2.97. The third-order valence-electron chi connectivity index (χ3n) is 3.52. The molecule has 0 fully saturated rings. The summed E-state index contributed by atoms with van der Waals surface area (Å²) in [5.41, 5.74) is 6.57. The van der Waals surface area contributed by atoms with Crippen LogP contribution in [0.15, 0.2) is 42.7 Å². The number of rotatable bonds is 6. The largest absolute Gasteiger partial charge is 0.493 e. The molecule has 1 aromatic carbocycles. The van der Waals surface area contributed by atoms with E-state index in [0.29, 0.717) is 24.6 Å². The van der Waals surface area contributed by atoms with Gasteiger partial charge in [-0.1, -0.05) is 6.07 Å². The second-order valence-corrected chi connectivity index (χ2v) is 7.74. The van der Waals surface area contributed by atoms with Gasteiger partial charge < -0.3 is 15.0 Å². The van der Waals surface area contributed by atoms with Crippen LogP contribution in [0.2, 0.25) is 0 Å². The summed E-state index contributed by atoms with van der Waals surface area (Å²) in [6, 6.07) is 9.41. The van der Waals surface area contributed by atoms with Gasteiger partial charge in [-0.25, -0.2) is 13.4 Å². The molecule has 0 atom stereocenters. The number of hydrogen-bond acceptors (Lipinski definition) is 6. The Kier molecular flexibility index (Phi) is 4.39. The molecule has 0 aliphatic heterocycles. The van der Waals surface area contributed by atoms with E-state index in [9.17, 15) is 8.42 Å². The van der Waals surface area contributed by atoms with E-state index in [4.69, 9.17) is 10.5 Å². The Morgan fingerprint density at radius 3 is 2.83 bits per heavy atom. The van der Waals surface area contributed by atoms with Gasteiger partial charge in [-0.05, 0) is 30.7 Å². The molecule has 8 heteroatoms. The van der Waals surface area contributed by atoms with E-state index >= 15 is 0 Å². The van der Waals surface area contributed by atoms with Gasteiger partial charge in [-0.15, -0.1) is 0 Å². The monoisotopic (exact) mass is 346 g/mol. The summed E-state index contributed by atoms with van der Waals surface area (Å²) in [6.45, 7) is 0.345. The molecule has 2 aromatic heterocycles. The van der Waals surface area contributed by atoms with Gasteiger partial charge in [0.2, 0.25) is 5.95 Å². The SMILES string of the molecule is CS(=O)(=O)CCCOc1cccc2c1ccn2-c1ccnc(N)n1. The molecule has 24 heavy (non-hydrogen) atoms. The van der Waals surface area contributed by atoms with Crippen LogP contribution in [-0.2, 0) is 9.84 Å². The predicted octanol–water partition coefficient (Wildman–Crippen LogP) is 1.82. The fraction of sp³-hybridized carbons (Fsp3) is 0.250. The number of sulfone groups is 1. The van der Waals surface area contributed by atoms with Crippen molar-refractivity contribution >= 4 is 26.7 Å². The Bertz CT molecular complexity index is 966. The van der Waals surface area contributed by atoms with E-state index < -0.39 is 9.84 Å². The lowest BCUT2D eigenvalue weighted by molar-refractivity contribution is 0.321. The Balaban J connectivity index is 1.84. The van der Waals surface area contributed by atoms with Crippen molar-refractivity contribution in [3.05, 3.63) is 42.7 Å².